The number of carbonyl (C=O) groups is 1. The first-order valence-corrected chi connectivity index (χ1v) is 6.22. The Morgan fingerprint density at radius 3 is 2.84 bits per heavy atom. The molecule has 0 heterocycles. The number of para-hydroxylation sites is 1. The van der Waals surface area contributed by atoms with E-state index in [4.69, 9.17) is 9.47 Å². The summed E-state index contributed by atoms with van der Waals surface area (Å²) >= 11 is 0. The molecule has 1 rings (SSSR count). The van der Waals surface area contributed by atoms with E-state index in [1.807, 2.05) is 19.1 Å². The summed E-state index contributed by atoms with van der Waals surface area (Å²) in [6.45, 7) is 4.35. The molecular weight excluding hydrogens is 246 g/mol. The predicted octanol–water partition coefficient (Wildman–Crippen LogP) is 1.02. The van der Waals surface area contributed by atoms with Gasteiger partial charge in [-0.05, 0) is 19.4 Å². The van der Waals surface area contributed by atoms with Gasteiger partial charge in [-0.15, -0.1) is 0 Å². The number of hydrogen-bond acceptors (Lipinski definition) is 4. The summed E-state index contributed by atoms with van der Waals surface area (Å²) in [6, 6.07) is 5.50. The van der Waals surface area contributed by atoms with Crippen LogP contribution in [0.3, 0.4) is 0 Å². The molecule has 0 aromatic heterocycles. The van der Waals surface area contributed by atoms with E-state index in [1.54, 1.807) is 20.1 Å². The van der Waals surface area contributed by atoms with Crippen LogP contribution in [0.1, 0.15) is 18.1 Å². The number of methoxy groups -OCH3 is 1. The Balaban J connectivity index is 2.66. The minimum Gasteiger partial charge on any atom is -0.480 e. The van der Waals surface area contributed by atoms with Gasteiger partial charge in [-0.3, -0.25) is 4.79 Å². The number of aliphatic hydroxyl groups is 1. The fourth-order valence-corrected chi connectivity index (χ4v) is 1.66. The van der Waals surface area contributed by atoms with Gasteiger partial charge in [0.2, 0.25) is 0 Å². The fraction of sp³-hybridized carbons (Fsp3) is 0.500. The lowest BCUT2D eigenvalue weighted by Crippen LogP contribution is -2.38. The molecule has 1 amide bonds. The van der Waals surface area contributed by atoms with Gasteiger partial charge in [0.25, 0.3) is 5.91 Å². The van der Waals surface area contributed by atoms with Crippen LogP contribution in [0.15, 0.2) is 18.2 Å². The average Bonchev–Trinajstić information content (AvgIpc) is 2.41. The van der Waals surface area contributed by atoms with Crippen LogP contribution in [0, 0.1) is 6.92 Å². The molecule has 1 aromatic rings. The molecule has 5 heteroatoms. The first-order valence-electron chi connectivity index (χ1n) is 6.22. The van der Waals surface area contributed by atoms with E-state index in [-0.39, 0.29) is 12.5 Å². The Hall–Kier alpha value is -1.59. The highest BCUT2D eigenvalue weighted by Gasteiger charge is 2.16. The number of benzene rings is 1. The highest BCUT2D eigenvalue weighted by Crippen LogP contribution is 2.24. The lowest BCUT2D eigenvalue weighted by Gasteiger charge is -2.18. The molecule has 1 atom stereocenters. The van der Waals surface area contributed by atoms with Gasteiger partial charge < -0.3 is 19.9 Å². The van der Waals surface area contributed by atoms with Gasteiger partial charge >= 0.3 is 0 Å². The normalized spacial score (nSPS) is 12.0. The molecule has 2 N–H and O–H groups in total. The van der Waals surface area contributed by atoms with Crippen LogP contribution in [0.25, 0.3) is 0 Å². The number of carbonyl (C=O) groups excluding carboxylic acids is 1. The monoisotopic (exact) mass is 267 g/mol. The fourth-order valence-electron chi connectivity index (χ4n) is 1.66. The molecule has 0 spiro atoms. The van der Waals surface area contributed by atoms with Gasteiger partial charge in [-0.25, -0.2) is 0 Å². The Bertz CT molecular complexity index is 420. The maximum Gasteiger partial charge on any atom is 0.260 e. The van der Waals surface area contributed by atoms with E-state index in [0.717, 1.165) is 5.56 Å². The van der Waals surface area contributed by atoms with Crippen molar-refractivity contribution in [1.29, 1.82) is 0 Å². The van der Waals surface area contributed by atoms with Crippen LogP contribution in [0.2, 0.25) is 0 Å². The molecule has 19 heavy (non-hydrogen) atoms. The second-order valence-corrected chi connectivity index (χ2v) is 4.27. The summed E-state index contributed by atoms with van der Waals surface area (Å²) in [6.07, 6.45) is -0.622. The summed E-state index contributed by atoms with van der Waals surface area (Å²) in [4.78, 5) is 11.8. The number of rotatable bonds is 7. The van der Waals surface area contributed by atoms with Crippen molar-refractivity contribution in [3.63, 3.8) is 0 Å². The maximum atomic E-state index is 11.8. The Kier molecular flexibility index (Phi) is 6.32. The molecule has 0 aliphatic heterocycles. The van der Waals surface area contributed by atoms with E-state index < -0.39 is 6.10 Å². The molecule has 1 aromatic carbocycles. The van der Waals surface area contributed by atoms with E-state index in [2.05, 4.69) is 5.32 Å². The van der Waals surface area contributed by atoms with E-state index in [0.29, 0.717) is 24.5 Å². The van der Waals surface area contributed by atoms with Crippen LogP contribution in [0.4, 0.5) is 0 Å². The molecular formula is C14H21NO4. The molecule has 0 fully saturated rings. The van der Waals surface area contributed by atoms with Crippen LogP contribution >= 0.6 is 0 Å². The third kappa shape index (κ3) is 4.54. The number of ether oxygens (including phenoxy) is 2. The summed E-state index contributed by atoms with van der Waals surface area (Å²) in [5.41, 5.74) is 1.57. The summed E-state index contributed by atoms with van der Waals surface area (Å²) in [5, 5.41) is 12.0. The molecule has 0 saturated heterocycles. The number of aliphatic hydroxyl groups excluding tert-OH is 1. The highest BCUT2D eigenvalue weighted by molar-refractivity contribution is 5.80. The summed E-state index contributed by atoms with van der Waals surface area (Å²) in [7, 11) is 1.58. The largest absolute Gasteiger partial charge is 0.480 e. The van der Waals surface area contributed by atoms with Crippen molar-refractivity contribution in [2.24, 2.45) is 0 Å². The van der Waals surface area contributed by atoms with Gasteiger partial charge in [0.15, 0.2) is 6.10 Å². The molecule has 1 unspecified atom stereocenters. The van der Waals surface area contributed by atoms with Crippen LogP contribution < -0.4 is 10.1 Å². The highest BCUT2D eigenvalue weighted by atomic mass is 16.5. The van der Waals surface area contributed by atoms with Crippen molar-refractivity contribution >= 4 is 5.91 Å². The summed E-state index contributed by atoms with van der Waals surface area (Å²) in [5.74, 6) is 0.364. The summed E-state index contributed by atoms with van der Waals surface area (Å²) < 4.78 is 10.5. The lowest BCUT2D eigenvalue weighted by molar-refractivity contribution is -0.127. The first kappa shape index (κ1) is 15.5. The van der Waals surface area contributed by atoms with Crippen molar-refractivity contribution in [1.82, 2.24) is 5.32 Å². The smallest absolute Gasteiger partial charge is 0.260 e. The maximum absolute atomic E-state index is 11.8. The Morgan fingerprint density at radius 2 is 2.21 bits per heavy atom. The van der Waals surface area contributed by atoms with Crippen molar-refractivity contribution in [2.75, 3.05) is 20.3 Å². The van der Waals surface area contributed by atoms with Gasteiger partial charge in [0.05, 0.1) is 13.2 Å². The third-order valence-corrected chi connectivity index (χ3v) is 2.73. The topological polar surface area (TPSA) is 67.8 Å². The standard InChI is InChI=1S/C14H21NO4/c1-10-5-4-6-12(9-16)13(10)19-11(2)14(17)15-7-8-18-3/h4-6,11,16H,7-9H2,1-3H3,(H,15,17). The van der Waals surface area contributed by atoms with Crippen LogP contribution in [0.5, 0.6) is 5.75 Å². The third-order valence-electron chi connectivity index (χ3n) is 2.73. The Morgan fingerprint density at radius 1 is 1.47 bits per heavy atom. The van der Waals surface area contributed by atoms with Crippen LogP contribution in [-0.4, -0.2) is 37.4 Å². The van der Waals surface area contributed by atoms with E-state index >= 15 is 0 Å². The van der Waals surface area contributed by atoms with Crippen molar-refractivity contribution < 1.29 is 19.4 Å². The van der Waals surface area contributed by atoms with Gasteiger partial charge in [-0.1, -0.05) is 18.2 Å². The van der Waals surface area contributed by atoms with Gasteiger partial charge in [0.1, 0.15) is 5.75 Å². The minimum atomic E-state index is -0.622. The van der Waals surface area contributed by atoms with Crippen molar-refractivity contribution in [3.8, 4) is 5.75 Å². The molecule has 0 bridgehead atoms. The second kappa shape index (κ2) is 7.76. The molecule has 0 saturated carbocycles. The molecule has 0 aliphatic carbocycles. The van der Waals surface area contributed by atoms with Crippen molar-refractivity contribution in [3.05, 3.63) is 29.3 Å². The number of hydrogen-bond donors (Lipinski definition) is 2. The van der Waals surface area contributed by atoms with Gasteiger partial charge in [0, 0.05) is 19.2 Å². The number of amides is 1. The van der Waals surface area contributed by atoms with E-state index in [1.165, 1.54) is 0 Å². The second-order valence-electron chi connectivity index (χ2n) is 4.27. The Labute approximate surface area is 113 Å². The number of aryl methyl sites for hydroxylation is 1. The lowest BCUT2D eigenvalue weighted by atomic mass is 10.1. The quantitative estimate of drug-likeness (QED) is 0.724. The van der Waals surface area contributed by atoms with E-state index in [9.17, 15) is 9.90 Å². The zero-order valence-electron chi connectivity index (χ0n) is 11.6. The zero-order chi connectivity index (χ0) is 14.3. The van der Waals surface area contributed by atoms with Crippen molar-refractivity contribution in [2.45, 2.75) is 26.6 Å². The zero-order valence-corrected chi connectivity index (χ0v) is 11.6. The predicted molar refractivity (Wildman–Crippen MR) is 72.1 cm³/mol. The molecule has 106 valence electrons. The first-order chi connectivity index (χ1) is 9.10. The number of nitrogens with one attached hydrogen (secondary N) is 1. The molecule has 5 nitrogen and oxygen atoms in total. The molecule has 0 aliphatic rings. The SMILES string of the molecule is COCCNC(=O)C(C)Oc1c(C)cccc1CO. The average molecular weight is 267 g/mol. The molecule has 0 radical (unpaired) electrons. The van der Waals surface area contributed by atoms with Crippen LogP contribution in [-0.2, 0) is 16.1 Å². The minimum absolute atomic E-state index is 0.116. The van der Waals surface area contributed by atoms with Gasteiger partial charge in [-0.2, -0.15) is 0 Å².